The molecule has 0 spiro atoms. The van der Waals surface area contributed by atoms with Crippen LogP contribution in [0.3, 0.4) is 0 Å². The van der Waals surface area contributed by atoms with E-state index in [0.29, 0.717) is 5.91 Å². The van der Waals surface area contributed by atoms with Crippen molar-refractivity contribution >= 4 is 5.91 Å². The number of hydrogen-bond acceptors (Lipinski definition) is 2. The third-order valence-electron chi connectivity index (χ3n) is 3.40. The van der Waals surface area contributed by atoms with Gasteiger partial charge in [-0.2, -0.15) is 0 Å². The van der Waals surface area contributed by atoms with Crippen molar-refractivity contribution in [2.75, 3.05) is 26.2 Å². The van der Waals surface area contributed by atoms with E-state index in [9.17, 15) is 4.79 Å². The molecule has 1 amide bonds. The first-order chi connectivity index (χ1) is 7.79. The average Bonchev–Trinajstić information content (AvgIpc) is 2.58. The van der Waals surface area contributed by atoms with Crippen LogP contribution in [0.5, 0.6) is 0 Å². The summed E-state index contributed by atoms with van der Waals surface area (Å²) in [7, 11) is 0. The van der Waals surface area contributed by atoms with Gasteiger partial charge in [-0.15, -0.1) is 0 Å². The second-order valence-corrected chi connectivity index (χ2v) is 4.68. The molecule has 0 aliphatic carbocycles. The van der Waals surface area contributed by atoms with Gasteiger partial charge in [-0.3, -0.25) is 4.79 Å². The lowest BCUT2D eigenvalue weighted by atomic mass is 9.97. The van der Waals surface area contributed by atoms with Gasteiger partial charge in [0.2, 0.25) is 5.91 Å². The molecule has 1 saturated heterocycles. The van der Waals surface area contributed by atoms with Gasteiger partial charge in [0, 0.05) is 25.6 Å². The molecule has 1 atom stereocenters. The number of nitrogens with zero attached hydrogens (tertiary/aromatic N) is 1. The highest BCUT2D eigenvalue weighted by molar-refractivity contribution is 5.78. The van der Waals surface area contributed by atoms with Gasteiger partial charge < -0.3 is 10.2 Å². The first-order valence-corrected chi connectivity index (χ1v) is 6.79. The molecule has 0 unspecified atom stereocenters. The summed E-state index contributed by atoms with van der Waals surface area (Å²) in [5.74, 6) is 0.651. The molecule has 0 aromatic carbocycles. The van der Waals surface area contributed by atoms with Crippen LogP contribution in [0, 0.1) is 5.92 Å². The first-order valence-electron chi connectivity index (χ1n) is 6.79. The quantitative estimate of drug-likeness (QED) is 0.778. The van der Waals surface area contributed by atoms with E-state index >= 15 is 0 Å². The smallest absolute Gasteiger partial charge is 0.225 e. The predicted octanol–water partition coefficient (Wildman–Crippen LogP) is 2.02. The summed E-state index contributed by atoms with van der Waals surface area (Å²) >= 11 is 0. The molecule has 0 radical (unpaired) electrons. The van der Waals surface area contributed by atoms with Crippen molar-refractivity contribution in [3.8, 4) is 0 Å². The summed E-state index contributed by atoms with van der Waals surface area (Å²) in [5.41, 5.74) is 0. The van der Waals surface area contributed by atoms with Gasteiger partial charge in [-0.05, 0) is 25.8 Å². The molecule has 0 aromatic heterocycles. The Morgan fingerprint density at radius 3 is 2.81 bits per heavy atom. The minimum Gasteiger partial charge on any atom is -0.341 e. The Labute approximate surface area is 99.6 Å². The topological polar surface area (TPSA) is 32.3 Å². The summed E-state index contributed by atoms with van der Waals surface area (Å²) in [5, 5.41) is 3.34. The minimum atomic E-state index is 0.262. The molecule has 1 aliphatic heterocycles. The maximum Gasteiger partial charge on any atom is 0.225 e. The van der Waals surface area contributed by atoms with Crippen molar-refractivity contribution in [1.82, 2.24) is 10.2 Å². The maximum atomic E-state index is 12.3. The predicted molar refractivity (Wildman–Crippen MR) is 67.4 cm³/mol. The van der Waals surface area contributed by atoms with Crippen LogP contribution in [-0.4, -0.2) is 37.0 Å². The largest absolute Gasteiger partial charge is 0.341 e. The Balaban J connectivity index is 2.44. The van der Waals surface area contributed by atoms with E-state index in [4.69, 9.17) is 0 Å². The lowest BCUT2D eigenvalue weighted by Gasteiger charge is -2.25. The molecular weight excluding hydrogens is 200 g/mol. The molecule has 1 aliphatic rings. The zero-order chi connectivity index (χ0) is 11.8. The molecule has 1 heterocycles. The SMILES string of the molecule is CCCC[C@@H](CC)C(=O)N1CCCNCC1. The molecule has 1 N–H and O–H groups in total. The molecule has 94 valence electrons. The molecule has 1 fully saturated rings. The molecule has 16 heavy (non-hydrogen) atoms. The van der Waals surface area contributed by atoms with Crippen LogP contribution in [0.4, 0.5) is 0 Å². The van der Waals surface area contributed by atoms with Gasteiger partial charge in [-0.1, -0.05) is 26.7 Å². The van der Waals surface area contributed by atoms with Crippen molar-refractivity contribution in [2.45, 2.75) is 46.0 Å². The highest BCUT2D eigenvalue weighted by atomic mass is 16.2. The second-order valence-electron chi connectivity index (χ2n) is 4.68. The molecule has 3 heteroatoms. The van der Waals surface area contributed by atoms with E-state index < -0.39 is 0 Å². The van der Waals surface area contributed by atoms with E-state index in [1.54, 1.807) is 0 Å². The summed E-state index contributed by atoms with van der Waals surface area (Å²) in [6, 6.07) is 0. The fourth-order valence-corrected chi connectivity index (χ4v) is 2.28. The first kappa shape index (κ1) is 13.5. The molecule has 0 saturated carbocycles. The standard InChI is InChI=1S/C13H26N2O/c1-3-5-7-12(4-2)13(16)15-10-6-8-14-9-11-15/h12,14H,3-11H2,1-2H3/t12-/m1/s1. The Bertz CT molecular complexity index is 198. The number of carbonyl (C=O) groups excluding carboxylic acids is 1. The Hall–Kier alpha value is -0.570. The van der Waals surface area contributed by atoms with Crippen LogP contribution >= 0.6 is 0 Å². The third kappa shape index (κ3) is 4.12. The number of nitrogens with one attached hydrogen (secondary N) is 1. The van der Waals surface area contributed by atoms with E-state index in [0.717, 1.165) is 45.4 Å². The average molecular weight is 226 g/mol. The molecule has 0 aromatic rings. The number of amides is 1. The van der Waals surface area contributed by atoms with Crippen molar-refractivity contribution in [2.24, 2.45) is 5.92 Å². The monoisotopic (exact) mass is 226 g/mol. The van der Waals surface area contributed by atoms with Gasteiger partial charge in [-0.25, -0.2) is 0 Å². The van der Waals surface area contributed by atoms with E-state index in [1.165, 1.54) is 12.8 Å². The second kappa shape index (κ2) is 7.66. The van der Waals surface area contributed by atoms with E-state index in [-0.39, 0.29) is 5.92 Å². The summed E-state index contributed by atoms with van der Waals surface area (Å²) < 4.78 is 0. The number of hydrogen-bond donors (Lipinski definition) is 1. The molecule has 3 nitrogen and oxygen atoms in total. The Morgan fingerprint density at radius 1 is 1.31 bits per heavy atom. The van der Waals surface area contributed by atoms with Gasteiger partial charge in [0.1, 0.15) is 0 Å². The van der Waals surface area contributed by atoms with Crippen LogP contribution in [-0.2, 0) is 4.79 Å². The van der Waals surface area contributed by atoms with Crippen molar-refractivity contribution in [3.63, 3.8) is 0 Å². The fourth-order valence-electron chi connectivity index (χ4n) is 2.28. The summed E-state index contributed by atoms with van der Waals surface area (Å²) in [6.45, 7) is 8.16. The van der Waals surface area contributed by atoms with Gasteiger partial charge in [0.25, 0.3) is 0 Å². The lowest BCUT2D eigenvalue weighted by molar-refractivity contribution is -0.135. The summed E-state index contributed by atoms with van der Waals surface area (Å²) in [6.07, 6.45) is 5.51. The van der Waals surface area contributed by atoms with E-state index in [1.807, 2.05) is 0 Å². The Kier molecular flexibility index (Phi) is 6.46. The van der Waals surface area contributed by atoms with Crippen LogP contribution in [0.25, 0.3) is 0 Å². The zero-order valence-corrected chi connectivity index (χ0v) is 10.8. The normalized spacial score (nSPS) is 19.2. The third-order valence-corrected chi connectivity index (χ3v) is 3.40. The molecular formula is C13H26N2O. The van der Waals surface area contributed by atoms with Crippen molar-refractivity contribution < 1.29 is 4.79 Å². The van der Waals surface area contributed by atoms with Crippen molar-refractivity contribution in [3.05, 3.63) is 0 Å². The number of unbranched alkanes of at least 4 members (excludes halogenated alkanes) is 1. The number of carbonyl (C=O) groups is 1. The zero-order valence-electron chi connectivity index (χ0n) is 10.8. The summed E-state index contributed by atoms with van der Waals surface area (Å²) in [4.78, 5) is 14.3. The Morgan fingerprint density at radius 2 is 2.12 bits per heavy atom. The van der Waals surface area contributed by atoms with Gasteiger partial charge in [0.15, 0.2) is 0 Å². The highest BCUT2D eigenvalue weighted by Crippen LogP contribution is 2.16. The fraction of sp³-hybridized carbons (Fsp3) is 0.923. The maximum absolute atomic E-state index is 12.3. The van der Waals surface area contributed by atoms with Gasteiger partial charge in [0.05, 0.1) is 0 Å². The van der Waals surface area contributed by atoms with Crippen LogP contribution < -0.4 is 5.32 Å². The minimum absolute atomic E-state index is 0.262. The van der Waals surface area contributed by atoms with Crippen molar-refractivity contribution in [1.29, 1.82) is 0 Å². The van der Waals surface area contributed by atoms with Crippen LogP contribution in [0.15, 0.2) is 0 Å². The molecule has 0 bridgehead atoms. The molecule has 1 rings (SSSR count). The highest BCUT2D eigenvalue weighted by Gasteiger charge is 2.22. The van der Waals surface area contributed by atoms with E-state index in [2.05, 4.69) is 24.1 Å². The van der Waals surface area contributed by atoms with Crippen LogP contribution in [0.1, 0.15) is 46.0 Å². The van der Waals surface area contributed by atoms with Crippen LogP contribution in [0.2, 0.25) is 0 Å². The van der Waals surface area contributed by atoms with Gasteiger partial charge >= 0.3 is 0 Å². The number of rotatable bonds is 5. The lowest BCUT2D eigenvalue weighted by Crippen LogP contribution is -2.38.